The molecule has 0 radical (unpaired) electrons. The van der Waals surface area contributed by atoms with E-state index in [1.54, 1.807) is 7.11 Å². The summed E-state index contributed by atoms with van der Waals surface area (Å²) < 4.78 is 4.95. The third-order valence-corrected chi connectivity index (χ3v) is 3.71. The number of hydrogen-bond donors (Lipinski definition) is 1. The van der Waals surface area contributed by atoms with Crippen LogP contribution in [0.2, 0.25) is 5.02 Å². The number of rotatable bonds is 5. The van der Waals surface area contributed by atoms with E-state index in [0.717, 1.165) is 36.9 Å². The third-order valence-electron chi connectivity index (χ3n) is 3.39. The second-order valence-electron chi connectivity index (χ2n) is 4.85. The van der Waals surface area contributed by atoms with Crippen LogP contribution in [0.15, 0.2) is 24.3 Å². The molecule has 0 amide bonds. The standard InChI is InChI=1S/C14H21ClN2O2/c1-19-11-12(18)10-16-6-8-17(9-7-16)14-5-3-2-4-13(14)15/h2-5,12,18H,6-11H2,1H3. The highest BCUT2D eigenvalue weighted by Crippen LogP contribution is 2.25. The maximum atomic E-state index is 9.73. The molecule has 1 aliphatic heterocycles. The number of methoxy groups -OCH3 is 1. The van der Waals surface area contributed by atoms with Crippen LogP contribution in [-0.2, 0) is 4.74 Å². The molecule has 1 aromatic carbocycles. The van der Waals surface area contributed by atoms with Gasteiger partial charge < -0.3 is 14.7 Å². The van der Waals surface area contributed by atoms with Crippen LogP contribution in [0, 0.1) is 0 Å². The zero-order valence-electron chi connectivity index (χ0n) is 11.3. The monoisotopic (exact) mass is 284 g/mol. The van der Waals surface area contributed by atoms with Crippen molar-refractivity contribution in [1.29, 1.82) is 0 Å². The molecule has 5 heteroatoms. The van der Waals surface area contributed by atoms with E-state index >= 15 is 0 Å². The zero-order chi connectivity index (χ0) is 13.7. The van der Waals surface area contributed by atoms with Gasteiger partial charge in [0.05, 0.1) is 23.4 Å². The third kappa shape index (κ3) is 4.08. The quantitative estimate of drug-likeness (QED) is 0.888. The average molecular weight is 285 g/mol. The minimum Gasteiger partial charge on any atom is -0.389 e. The van der Waals surface area contributed by atoms with Gasteiger partial charge in [0.25, 0.3) is 0 Å². The van der Waals surface area contributed by atoms with Gasteiger partial charge in [-0.2, -0.15) is 0 Å². The smallest absolute Gasteiger partial charge is 0.0900 e. The first-order chi connectivity index (χ1) is 9.20. The van der Waals surface area contributed by atoms with Gasteiger partial charge in [-0.15, -0.1) is 0 Å². The van der Waals surface area contributed by atoms with Crippen LogP contribution in [0.5, 0.6) is 0 Å². The Bertz CT molecular complexity index is 395. The summed E-state index contributed by atoms with van der Waals surface area (Å²) in [5.41, 5.74) is 1.10. The molecule has 0 saturated carbocycles. The van der Waals surface area contributed by atoms with Crippen LogP contribution in [0.25, 0.3) is 0 Å². The first-order valence-electron chi connectivity index (χ1n) is 6.59. The molecule has 1 aromatic rings. The number of aliphatic hydroxyl groups is 1. The number of ether oxygens (including phenoxy) is 1. The molecule has 0 spiro atoms. The van der Waals surface area contributed by atoms with Gasteiger partial charge in [0.15, 0.2) is 0 Å². The van der Waals surface area contributed by atoms with E-state index in [-0.39, 0.29) is 0 Å². The molecule has 0 aliphatic carbocycles. The van der Waals surface area contributed by atoms with Gasteiger partial charge in [-0.1, -0.05) is 23.7 Å². The molecule has 0 aromatic heterocycles. The van der Waals surface area contributed by atoms with Gasteiger partial charge in [0, 0.05) is 39.8 Å². The first kappa shape index (κ1) is 14.6. The van der Waals surface area contributed by atoms with Crippen molar-refractivity contribution in [3.63, 3.8) is 0 Å². The van der Waals surface area contributed by atoms with Gasteiger partial charge in [0.1, 0.15) is 0 Å². The minimum absolute atomic E-state index is 0.394. The van der Waals surface area contributed by atoms with E-state index in [2.05, 4.69) is 15.9 Å². The number of halogens is 1. The van der Waals surface area contributed by atoms with Crippen molar-refractivity contribution in [2.75, 3.05) is 51.3 Å². The second kappa shape index (κ2) is 7.10. The van der Waals surface area contributed by atoms with Crippen molar-refractivity contribution in [3.05, 3.63) is 29.3 Å². The van der Waals surface area contributed by atoms with E-state index in [4.69, 9.17) is 16.3 Å². The van der Waals surface area contributed by atoms with E-state index in [0.29, 0.717) is 13.2 Å². The topological polar surface area (TPSA) is 35.9 Å². The Kier molecular flexibility index (Phi) is 5.45. The van der Waals surface area contributed by atoms with Crippen molar-refractivity contribution in [2.45, 2.75) is 6.10 Å². The Labute approximate surface area is 119 Å². The predicted molar refractivity (Wildman–Crippen MR) is 78.0 cm³/mol. The van der Waals surface area contributed by atoms with Crippen molar-refractivity contribution < 1.29 is 9.84 Å². The van der Waals surface area contributed by atoms with Crippen LogP contribution >= 0.6 is 11.6 Å². The van der Waals surface area contributed by atoms with Gasteiger partial charge in [0.2, 0.25) is 0 Å². The molecule has 1 aliphatic rings. The molecule has 0 bridgehead atoms. The van der Waals surface area contributed by atoms with Crippen molar-refractivity contribution >= 4 is 17.3 Å². The molecular weight excluding hydrogens is 264 g/mol. The highest BCUT2D eigenvalue weighted by molar-refractivity contribution is 6.33. The number of β-amino-alcohol motifs (C(OH)–C–C–N with tert-alkyl or cyclic N) is 1. The fourth-order valence-corrected chi connectivity index (χ4v) is 2.68. The van der Waals surface area contributed by atoms with Gasteiger partial charge in [-0.25, -0.2) is 0 Å². The van der Waals surface area contributed by atoms with Crippen molar-refractivity contribution in [2.24, 2.45) is 0 Å². The van der Waals surface area contributed by atoms with Gasteiger partial charge in [-0.3, -0.25) is 4.90 Å². The number of piperazine rings is 1. The van der Waals surface area contributed by atoms with Gasteiger partial charge in [-0.05, 0) is 12.1 Å². The number of anilines is 1. The molecule has 1 fully saturated rings. The number of para-hydroxylation sites is 1. The summed E-state index contributed by atoms with van der Waals surface area (Å²) in [6.07, 6.45) is -0.406. The Morgan fingerprint density at radius 3 is 2.58 bits per heavy atom. The lowest BCUT2D eigenvalue weighted by atomic mass is 10.2. The summed E-state index contributed by atoms with van der Waals surface area (Å²) >= 11 is 6.21. The van der Waals surface area contributed by atoms with E-state index in [1.165, 1.54) is 0 Å². The van der Waals surface area contributed by atoms with Crippen LogP contribution in [0.4, 0.5) is 5.69 Å². The lowest BCUT2D eigenvalue weighted by Gasteiger charge is -2.37. The fraction of sp³-hybridized carbons (Fsp3) is 0.571. The SMILES string of the molecule is COCC(O)CN1CCN(c2ccccc2Cl)CC1. The maximum absolute atomic E-state index is 9.73. The fourth-order valence-electron chi connectivity index (χ4n) is 2.42. The van der Waals surface area contributed by atoms with Crippen LogP contribution in [-0.4, -0.2) is 62.6 Å². The molecular formula is C14H21ClN2O2. The lowest BCUT2D eigenvalue weighted by Crippen LogP contribution is -2.49. The average Bonchev–Trinajstić information content (AvgIpc) is 2.41. The Morgan fingerprint density at radius 2 is 1.95 bits per heavy atom. The Balaban J connectivity index is 1.84. The molecule has 2 rings (SSSR count). The first-order valence-corrected chi connectivity index (χ1v) is 6.97. The van der Waals surface area contributed by atoms with E-state index in [9.17, 15) is 5.11 Å². The Morgan fingerprint density at radius 1 is 1.26 bits per heavy atom. The van der Waals surface area contributed by atoms with Crippen LogP contribution in [0.3, 0.4) is 0 Å². The van der Waals surface area contributed by atoms with Crippen molar-refractivity contribution in [3.8, 4) is 0 Å². The molecule has 1 unspecified atom stereocenters. The summed E-state index contributed by atoms with van der Waals surface area (Å²) in [5.74, 6) is 0. The predicted octanol–water partition coefficient (Wildman–Crippen LogP) is 1.47. The summed E-state index contributed by atoms with van der Waals surface area (Å²) in [7, 11) is 1.61. The molecule has 1 atom stereocenters. The summed E-state index contributed by atoms with van der Waals surface area (Å²) in [6, 6.07) is 7.93. The normalized spacial score (nSPS) is 18.6. The molecule has 106 valence electrons. The number of aliphatic hydroxyl groups excluding tert-OH is 1. The summed E-state index contributed by atoms with van der Waals surface area (Å²) in [4.78, 5) is 4.55. The zero-order valence-corrected chi connectivity index (χ0v) is 12.0. The highest BCUT2D eigenvalue weighted by Gasteiger charge is 2.20. The molecule has 1 saturated heterocycles. The maximum Gasteiger partial charge on any atom is 0.0900 e. The van der Waals surface area contributed by atoms with Crippen molar-refractivity contribution in [1.82, 2.24) is 4.90 Å². The molecule has 1 heterocycles. The molecule has 19 heavy (non-hydrogen) atoms. The minimum atomic E-state index is -0.406. The Hall–Kier alpha value is -0.810. The van der Waals surface area contributed by atoms with E-state index in [1.807, 2.05) is 18.2 Å². The van der Waals surface area contributed by atoms with Crippen LogP contribution < -0.4 is 4.90 Å². The number of hydrogen-bond acceptors (Lipinski definition) is 4. The van der Waals surface area contributed by atoms with Gasteiger partial charge >= 0.3 is 0 Å². The second-order valence-corrected chi connectivity index (χ2v) is 5.26. The largest absolute Gasteiger partial charge is 0.389 e. The van der Waals surface area contributed by atoms with Crippen LogP contribution in [0.1, 0.15) is 0 Å². The highest BCUT2D eigenvalue weighted by atomic mass is 35.5. The molecule has 4 nitrogen and oxygen atoms in total. The number of benzene rings is 1. The molecule has 1 N–H and O–H groups in total. The van der Waals surface area contributed by atoms with E-state index < -0.39 is 6.10 Å². The lowest BCUT2D eigenvalue weighted by molar-refractivity contribution is 0.0365. The summed E-state index contributed by atoms with van der Waals surface area (Å²) in [5, 5.41) is 10.5. The summed E-state index contributed by atoms with van der Waals surface area (Å²) in [6.45, 7) is 4.81. The number of nitrogens with zero attached hydrogens (tertiary/aromatic N) is 2.